The molecular weight excluding hydrogens is 408 g/mol. The molecule has 0 radical (unpaired) electrons. The Morgan fingerprint density at radius 1 is 1.14 bits per heavy atom. The van der Waals surface area contributed by atoms with E-state index in [1.54, 1.807) is 12.1 Å². The van der Waals surface area contributed by atoms with Gasteiger partial charge in [0.15, 0.2) is 0 Å². The van der Waals surface area contributed by atoms with Gasteiger partial charge < -0.3 is 10.1 Å². The van der Waals surface area contributed by atoms with Crippen molar-refractivity contribution in [3.8, 4) is 0 Å². The topological polar surface area (TPSA) is 75.7 Å². The molecule has 1 fully saturated rings. The largest absolute Gasteiger partial charge is 0.379 e. The summed E-state index contributed by atoms with van der Waals surface area (Å²) < 4.78 is 32.4. The van der Waals surface area contributed by atoms with Crippen LogP contribution in [-0.2, 0) is 26.1 Å². The number of rotatable bonds is 8. The lowest BCUT2D eigenvalue weighted by molar-refractivity contribution is -0.121. The summed E-state index contributed by atoms with van der Waals surface area (Å²) in [5, 5.41) is 2.94. The summed E-state index contributed by atoms with van der Waals surface area (Å²) in [6, 6.07) is 13.5. The molecule has 0 saturated carbocycles. The number of nitrogens with one attached hydrogen (secondary N) is 1. The maximum absolute atomic E-state index is 12.7. The molecule has 2 aromatic rings. The fourth-order valence-electron chi connectivity index (χ4n) is 3.40. The van der Waals surface area contributed by atoms with Crippen LogP contribution in [0.15, 0.2) is 46.7 Å². The van der Waals surface area contributed by atoms with Gasteiger partial charge >= 0.3 is 0 Å². The molecule has 1 amide bonds. The van der Waals surface area contributed by atoms with Gasteiger partial charge in [-0.2, -0.15) is 4.31 Å². The van der Waals surface area contributed by atoms with Gasteiger partial charge in [0.25, 0.3) is 10.0 Å². The molecule has 1 aromatic heterocycles. The van der Waals surface area contributed by atoms with Gasteiger partial charge in [0.1, 0.15) is 4.21 Å². The summed E-state index contributed by atoms with van der Waals surface area (Å²) in [6.45, 7) is 6.17. The minimum Gasteiger partial charge on any atom is -0.379 e. The van der Waals surface area contributed by atoms with Crippen molar-refractivity contribution in [1.82, 2.24) is 9.62 Å². The number of ether oxygens (including phenoxy) is 1. The molecule has 1 aliphatic rings. The van der Waals surface area contributed by atoms with Crippen LogP contribution in [0.3, 0.4) is 0 Å². The van der Waals surface area contributed by atoms with E-state index in [2.05, 4.69) is 31.3 Å². The van der Waals surface area contributed by atoms with Crippen molar-refractivity contribution in [3.05, 3.63) is 52.9 Å². The van der Waals surface area contributed by atoms with Gasteiger partial charge in [0.05, 0.1) is 19.8 Å². The maximum Gasteiger partial charge on any atom is 0.252 e. The van der Waals surface area contributed by atoms with Crippen molar-refractivity contribution in [2.75, 3.05) is 26.3 Å². The number of carbonyl (C=O) groups excluding carboxylic acids is 1. The maximum atomic E-state index is 12.7. The Kier molecular flexibility index (Phi) is 7.45. The highest BCUT2D eigenvalue weighted by Crippen LogP contribution is 2.28. The predicted octanol–water partition coefficient (Wildman–Crippen LogP) is 3.22. The lowest BCUT2D eigenvalue weighted by atomic mass is 9.85. The van der Waals surface area contributed by atoms with E-state index in [0.29, 0.717) is 49.4 Å². The fourth-order valence-corrected chi connectivity index (χ4v) is 6.26. The van der Waals surface area contributed by atoms with Crippen LogP contribution in [0.1, 0.15) is 36.6 Å². The Bertz CT molecular complexity index is 904. The zero-order valence-electron chi connectivity index (χ0n) is 16.8. The molecule has 1 unspecified atom stereocenters. The standard InChI is InChI=1S/C21H28N2O4S2/c1-16(2)19(17-6-4-3-5-7-17)14-20(24)22-15-18-8-9-21(28-18)29(25,26)23-10-12-27-13-11-23/h3-9,16,19H,10-15H2,1-2H3,(H,22,24). The Morgan fingerprint density at radius 3 is 2.48 bits per heavy atom. The number of amides is 1. The molecule has 1 aliphatic heterocycles. The molecule has 8 heteroatoms. The molecule has 3 rings (SSSR count). The quantitative estimate of drug-likeness (QED) is 0.689. The SMILES string of the molecule is CC(C)C(CC(=O)NCc1ccc(S(=O)(=O)N2CCOCC2)s1)c1ccccc1. The number of thiophene rings is 1. The Hall–Kier alpha value is -1.74. The molecule has 6 nitrogen and oxygen atoms in total. The van der Waals surface area contributed by atoms with E-state index in [0.717, 1.165) is 10.4 Å². The van der Waals surface area contributed by atoms with Crippen LogP contribution in [0.2, 0.25) is 0 Å². The number of hydrogen-bond donors (Lipinski definition) is 1. The molecule has 2 heterocycles. The number of hydrogen-bond acceptors (Lipinski definition) is 5. The monoisotopic (exact) mass is 436 g/mol. The second-order valence-electron chi connectivity index (χ2n) is 7.48. The van der Waals surface area contributed by atoms with Gasteiger partial charge in [0, 0.05) is 24.4 Å². The van der Waals surface area contributed by atoms with E-state index in [-0.39, 0.29) is 11.8 Å². The number of benzene rings is 1. The third-order valence-electron chi connectivity index (χ3n) is 5.10. The molecule has 1 atom stereocenters. The summed E-state index contributed by atoms with van der Waals surface area (Å²) in [5.74, 6) is 0.463. The second kappa shape index (κ2) is 9.84. The smallest absolute Gasteiger partial charge is 0.252 e. The minimum absolute atomic E-state index is 0.0291. The van der Waals surface area contributed by atoms with E-state index in [4.69, 9.17) is 4.74 Å². The highest BCUT2D eigenvalue weighted by molar-refractivity contribution is 7.91. The van der Waals surface area contributed by atoms with Crippen LogP contribution in [0, 0.1) is 5.92 Å². The van der Waals surface area contributed by atoms with Crippen LogP contribution in [0.4, 0.5) is 0 Å². The molecule has 0 aliphatic carbocycles. The Morgan fingerprint density at radius 2 is 1.83 bits per heavy atom. The first kappa shape index (κ1) is 22.0. The van der Waals surface area contributed by atoms with Crippen molar-refractivity contribution >= 4 is 27.3 Å². The van der Waals surface area contributed by atoms with Crippen LogP contribution in [0.5, 0.6) is 0 Å². The lowest BCUT2D eigenvalue weighted by Gasteiger charge is -2.25. The van der Waals surface area contributed by atoms with Gasteiger partial charge in [-0.05, 0) is 29.5 Å². The molecule has 0 spiro atoms. The summed E-state index contributed by atoms with van der Waals surface area (Å²) in [6.07, 6.45) is 0.409. The number of nitrogens with zero attached hydrogens (tertiary/aromatic N) is 1. The van der Waals surface area contributed by atoms with Crippen molar-refractivity contribution in [2.45, 2.75) is 36.9 Å². The van der Waals surface area contributed by atoms with E-state index in [1.807, 2.05) is 18.2 Å². The summed E-state index contributed by atoms with van der Waals surface area (Å²) >= 11 is 1.21. The minimum atomic E-state index is -3.49. The van der Waals surface area contributed by atoms with Gasteiger partial charge in [-0.25, -0.2) is 8.42 Å². The second-order valence-corrected chi connectivity index (χ2v) is 10.8. The molecule has 158 valence electrons. The van der Waals surface area contributed by atoms with Crippen molar-refractivity contribution in [3.63, 3.8) is 0 Å². The molecule has 0 bridgehead atoms. The first-order valence-corrected chi connectivity index (χ1v) is 12.1. The molecule has 1 aromatic carbocycles. The zero-order valence-corrected chi connectivity index (χ0v) is 18.5. The normalized spacial score (nSPS) is 16.7. The van der Waals surface area contributed by atoms with Crippen LogP contribution in [0.25, 0.3) is 0 Å². The average Bonchev–Trinajstić information content (AvgIpc) is 3.21. The van der Waals surface area contributed by atoms with Crippen LogP contribution >= 0.6 is 11.3 Å². The number of sulfonamides is 1. The third kappa shape index (κ3) is 5.66. The summed E-state index contributed by atoms with van der Waals surface area (Å²) in [5.41, 5.74) is 1.16. The van der Waals surface area contributed by atoms with Crippen molar-refractivity contribution < 1.29 is 17.9 Å². The zero-order chi connectivity index (χ0) is 20.9. The van der Waals surface area contributed by atoms with Gasteiger partial charge in [-0.3, -0.25) is 4.79 Å². The molecule has 29 heavy (non-hydrogen) atoms. The van der Waals surface area contributed by atoms with E-state index in [9.17, 15) is 13.2 Å². The predicted molar refractivity (Wildman–Crippen MR) is 114 cm³/mol. The van der Waals surface area contributed by atoms with E-state index in [1.165, 1.54) is 15.6 Å². The Balaban J connectivity index is 1.58. The highest BCUT2D eigenvalue weighted by Gasteiger charge is 2.27. The third-order valence-corrected chi connectivity index (χ3v) is 8.55. The molecular formula is C21H28N2O4S2. The van der Waals surface area contributed by atoms with Gasteiger partial charge in [-0.15, -0.1) is 11.3 Å². The Labute approximate surface area is 176 Å². The van der Waals surface area contributed by atoms with E-state index < -0.39 is 10.0 Å². The lowest BCUT2D eigenvalue weighted by Crippen LogP contribution is -2.40. The number of carbonyl (C=O) groups is 1. The number of morpholine rings is 1. The summed E-state index contributed by atoms with van der Waals surface area (Å²) in [4.78, 5) is 13.3. The van der Waals surface area contributed by atoms with Crippen molar-refractivity contribution in [2.24, 2.45) is 5.92 Å². The van der Waals surface area contributed by atoms with Gasteiger partial charge in [0.2, 0.25) is 5.91 Å². The van der Waals surface area contributed by atoms with Crippen LogP contribution in [-0.4, -0.2) is 44.9 Å². The highest BCUT2D eigenvalue weighted by atomic mass is 32.2. The molecule has 1 N–H and O–H groups in total. The summed E-state index contributed by atoms with van der Waals surface area (Å²) in [7, 11) is -3.49. The molecule has 1 saturated heterocycles. The average molecular weight is 437 g/mol. The van der Waals surface area contributed by atoms with Gasteiger partial charge in [-0.1, -0.05) is 44.2 Å². The van der Waals surface area contributed by atoms with E-state index >= 15 is 0 Å². The van der Waals surface area contributed by atoms with Crippen molar-refractivity contribution in [1.29, 1.82) is 0 Å². The first-order chi connectivity index (χ1) is 13.9. The fraction of sp³-hybridized carbons (Fsp3) is 0.476. The first-order valence-electron chi connectivity index (χ1n) is 9.86. The van der Waals surface area contributed by atoms with Crippen LogP contribution < -0.4 is 5.32 Å².